The second-order valence-electron chi connectivity index (χ2n) is 6.76. The van der Waals surface area contributed by atoms with Crippen molar-refractivity contribution in [2.45, 2.75) is 37.0 Å². The molecule has 0 aliphatic carbocycles. The zero-order chi connectivity index (χ0) is 20.4. The SMILES string of the molecule is O=S(=O)(NCc1ccc(CN2CCCC2)cc1)c1ccc(Cl)cc1C(F)(F)F. The van der Waals surface area contributed by atoms with Gasteiger partial charge >= 0.3 is 6.18 Å². The summed E-state index contributed by atoms with van der Waals surface area (Å²) in [4.78, 5) is 1.51. The molecule has 28 heavy (non-hydrogen) atoms. The van der Waals surface area contributed by atoms with Gasteiger partial charge in [-0.2, -0.15) is 13.2 Å². The van der Waals surface area contributed by atoms with Crippen LogP contribution in [0.3, 0.4) is 0 Å². The first kappa shape index (κ1) is 21.1. The summed E-state index contributed by atoms with van der Waals surface area (Å²) in [6, 6.07) is 9.98. The van der Waals surface area contributed by atoms with Crippen LogP contribution in [0.15, 0.2) is 47.4 Å². The highest BCUT2D eigenvalue weighted by Gasteiger charge is 2.37. The van der Waals surface area contributed by atoms with Gasteiger partial charge in [-0.15, -0.1) is 0 Å². The molecule has 0 unspecified atom stereocenters. The number of likely N-dealkylation sites (tertiary alicyclic amines) is 1. The lowest BCUT2D eigenvalue weighted by Crippen LogP contribution is -2.26. The average Bonchev–Trinajstić information content (AvgIpc) is 3.13. The van der Waals surface area contributed by atoms with Crippen molar-refractivity contribution in [2.24, 2.45) is 0 Å². The molecular formula is C19H20ClF3N2O2S. The van der Waals surface area contributed by atoms with Crippen LogP contribution < -0.4 is 4.72 Å². The van der Waals surface area contributed by atoms with Crippen molar-refractivity contribution in [1.29, 1.82) is 0 Å². The summed E-state index contributed by atoms with van der Waals surface area (Å²) in [5.74, 6) is 0. The summed E-state index contributed by atoms with van der Waals surface area (Å²) >= 11 is 5.60. The fraction of sp³-hybridized carbons (Fsp3) is 0.368. The minimum atomic E-state index is -4.83. The van der Waals surface area contributed by atoms with E-state index in [2.05, 4.69) is 9.62 Å². The Hall–Kier alpha value is -1.61. The maximum absolute atomic E-state index is 13.2. The number of nitrogens with one attached hydrogen (secondary N) is 1. The topological polar surface area (TPSA) is 49.4 Å². The smallest absolute Gasteiger partial charge is 0.299 e. The Morgan fingerprint density at radius 2 is 1.61 bits per heavy atom. The summed E-state index contributed by atoms with van der Waals surface area (Å²) < 4.78 is 66.6. The molecule has 2 aromatic carbocycles. The Bertz CT molecular complexity index is 925. The van der Waals surface area contributed by atoms with E-state index in [-0.39, 0.29) is 11.6 Å². The maximum atomic E-state index is 13.2. The lowest BCUT2D eigenvalue weighted by atomic mass is 10.1. The molecule has 1 N–H and O–H groups in total. The number of halogens is 4. The summed E-state index contributed by atoms with van der Waals surface area (Å²) in [5.41, 5.74) is 0.496. The van der Waals surface area contributed by atoms with E-state index in [0.717, 1.165) is 37.3 Å². The van der Waals surface area contributed by atoms with Crippen molar-refractivity contribution in [3.63, 3.8) is 0 Å². The molecule has 9 heteroatoms. The number of benzene rings is 2. The van der Waals surface area contributed by atoms with Crippen LogP contribution in [-0.2, 0) is 29.3 Å². The molecule has 0 radical (unpaired) electrons. The molecule has 1 heterocycles. The van der Waals surface area contributed by atoms with E-state index >= 15 is 0 Å². The van der Waals surface area contributed by atoms with Gasteiger partial charge in [-0.1, -0.05) is 35.9 Å². The predicted molar refractivity (Wildman–Crippen MR) is 101 cm³/mol. The Balaban J connectivity index is 1.70. The van der Waals surface area contributed by atoms with Crippen LogP contribution in [0.1, 0.15) is 29.5 Å². The third-order valence-corrected chi connectivity index (χ3v) is 6.33. The van der Waals surface area contributed by atoms with Crippen LogP contribution in [0.5, 0.6) is 0 Å². The Morgan fingerprint density at radius 3 is 2.21 bits per heavy atom. The van der Waals surface area contributed by atoms with E-state index in [9.17, 15) is 21.6 Å². The second-order valence-corrected chi connectivity index (χ2v) is 8.93. The standard InChI is InChI=1S/C19H20ClF3N2O2S/c20-16-7-8-18(17(11-16)19(21,22)23)28(26,27)24-12-14-3-5-15(6-4-14)13-25-9-1-2-10-25/h3-8,11,24H,1-2,9-10,12-13H2. The number of hydrogen-bond donors (Lipinski definition) is 1. The van der Waals surface area contributed by atoms with Gasteiger partial charge in [0, 0.05) is 18.1 Å². The number of alkyl halides is 3. The van der Waals surface area contributed by atoms with E-state index in [0.29, 0.717) is 11.6 Å². The largest absolute Gasteiger partial charge is 0.417 e. The lowest BCUT2D eigenvalue weighted by Gasteiger charge is -2.15. The van der Waals surface area contributed by atoms with Crippen LogP contribution in [0.2, 0.25) is 5.02 Å². The molecular weight excluding hydrogens is 413 g/mol. The van der Waals surface area contributed by atoms with E-state index in [1.165, 1.54) is 12.8 Å². The Morgan fingerprint density at radius 1 is 1.00 bits per heavy atom. The molecule has 2 aromatic rings. The highest BCUT2D eigenvalue weighted by Crippen LogP contribution is 2.35. The van der Waals surface area contributed by atoms with Gasteiger partial charge in [0.05, 0.1) is 10.5 Å². The maximum Gasteiger partial charge on any atom is 0.417 e. The molecule has 152 valence electrons. The van der Waals surface area contributed by atoms with Gasteiger partial charge in [0.2, 0.25) is 10.0 Å². The summed E-state index contributed by atoms with van der Waals surface area (Å²) in [6.07, 6.45) is -2.43. The lowest BCUT2D eigenvalue weighted by molar-refractivity contribution is -0.139. The van der Waals surface area contributed by atoms with Gasteiger partial charge in [0.15, 0.2) is 0 Å². The molecule has 1 aliphatic heterocycles. The third-order valence-electron chi connectivity index (χ3n) is 4.63. The molecule has 0 saturated carbocycles. The van der Waals surface area contributed by atoms with E-state index < -0.39 is 26.7 Å². The molecule has 3 rings (SSSR count). The molecule has 1 saturated heterocycles. The summed E-state index contributed by atoms with van der Waals surface area (Å²) in [5, 5.41) is -0.181. The minimum absolute atomic E-state index is 0.105. The van der Waals surface area contributed by atoms with Crippen molar-refractivity contribution >= 4 is 21.6 Å². The van der Waals surface area contributed by atoms with Gasteiger partial charge in [-0.3, -0.25) is 4.90 Å². The zero-order valence-electron chi connectivity index (χ0n) is 15.0. The highest BCUT2D eigenvalue weighted by atomic mass is 35.5. The molecule has 0 atom stereocenters. The monoisotopic (exact) mass is 432 g/mol. The number of sulfonamides is 1. The van der Waals surface area contributed by atoms with Crippen LogP contribution in [0.25, 0.3) is 0 Å². The van der Waals surface area contributed by atoms with E-state index in [1.807, 2.05) is 12.1 Å². The second kappa shape index (κ2) is 8.41. The molecule has 1 aliphatic rings. The molecule has 0 spiro atoms. The average molecular weight is 433 g/mol. The molecule has 4 nitrogen and oxygen atoms in total. The van der Waals surface area contributed by atoms with Crippen molar-refractivity contribution in [3.8, 4) is 0 Å². The molecule has 0 amide bonds. The van der Waals surface area contributed by atoms with Crippen molar-refractivity contribution in [3.05, 3.63) is 64.2 Å². The van der Waals surface area contributed by atoms with Crippen LogP contribution in [0, 0.1) is 0 Å². The number of hydrogen-bond acceptors (Lipinski definition) is 3. The summed E-state index contributed by atoms with van der Waals surface area (Å²) in [7, 11) is -4.35. The molecule has 0 bridgehead atoms. The van der Waals surface area contributed by atoms with Gasteiger partial charge in [-0.05, 0) is 55.3 Å². The first-order valence-corrected chi connectivity index (χ1v) is 10.7. The van der Waals surface area contributed by atoms with Gasteiger partial charge in [0.25, 0.3) is 0 Å². The number of rotatable bonds is 6. The van der Waals surface area contributed by atoms with Crippen LogP contribution in [-0.4, -0.2) is 26.4 Å². The van der Waals surface area contributed by atoms with Crippen LogP contribution in [0.4, 0.5) is 13.2 Å². The fourth-order valence-corrected chi connectivity index (χ4v) is 4.57. The van der Waals surface area contributed by atoms with Gasteiger partial charge in [0.1, 0.15) is 0 Å². The quantitative estimate of drug-likeness (QED) is 0.734. The first-order valence-electron chi connectivity index (χ1n) is 8.82. The van der Waals surface area contributed by atoms with Gasteiger partial charge in [-0.25, -0.2) is 13.1 Å². The highest BCUT2D eigenvalue weighted by molar-refractivity contribution is 7.89. The minimum Gasteiger partial charge on any atom is -0.299 e. The van der Waals surface area contributed by atoms with Crippen molar-refractivity contribution in [1.82, 2.24) is 9.62 Å². The zero-order valence-corrected chi connectivity index (χ0v) is 16.5. The fourth-order valence-electron chi connectivity index (χ4n) is 3.18. The predicted octanol–water partition coefficient (Wildman–Crippen LogP) is 4.43. The Labute approximate surface area is 167 Å². The number of nitrogens with zero attached hydrogens (tertiary/aromatic N) is 1. The van der Waals surface area contributed by atoms with Gasteiger partial charge < -0.3 is 0 Å². The van der Waals surface area contributed by atoms with Crippen molar-refractivity contribution < 1.29 is 21.6 Å². The first-order chi connectivity index (χ1) is 13.1. The van der Waals surface area contributed by atoms with E-state index in [1.54, 1.807) is 12.1 Å². The van der Waals surface area contributed by atoms with E-state index in [4.69, 9.17) is 11.6 Å². The van der Waals surface area contributed by atoms with Crippen molar-refractivity contribution in [2.75, 3.05) is 13.1 Å². The third kappa shape index (κ3) is 5.26. The Kier molecular flexibility index (Phi) is 6.34. The molecule has 0 aromatic heterocycles. The normalized spacial score (nSPS) is 15.9. The summed E-state index contributed by atoms with van der Waals surface area (Å²) in [6.45, 7) is 2.88. The van der Waals surface area contributed by atoms with Crippen LogP contribution >= 0.6 is 11.6 Å². The molecule has 1 fully saturated rings.